The predicted octanol–water partition coefficient (Wildman–Crippen LogP) is 4.04. The summed E-state index contributed by atoms with van der Waals surface area (Å²) in [5, 5.41) is 0.714. The average molecular weight is 316 g/mol. The van der Waals surface area contributed by atoms with Gasteiger partial charge in [-0.25, -0.2) is 0 Å². The Morgan fingerprint density at radius 1 is 1.18 bits per heavy atom. The molecule has 2 aromatic rings. The first-order valence-electron chi connectivity index (χ1n) is 7.30. The summed E-state index contributed by atoms with van der Waals surface area (Å²) in [6.07, 6.45) is 2.95. The number of rotatable bonds is 5. The van der Waals surface area contributed by atoms with E-state index in [2.05, 4.69) is 6.08 Å². The zero-order valence-electron chi connectivity index (χ0n) is 12.2. The lowest BCUT2D eigenvalue weighted by molar-refractivity contribution is 0.301. The molecule has 1 aliphatic heterocycles. The van der Waals surface area contributed by atoms with Crippen LogP contribution in [0.1, 0.15) is 17.5 Å². The van der Waals surface area contributed by atoms with Crippen molar-refractivity contribution >= 4 is 17.2 Å². The molecule has 3 rings (SSSR count). The zero-order chi connectivity index (χ0) is 15.4. The van der Waals surface area contributed by atoms with Crippen molar-refractivity contribution in [3.8, 4) is 11.5 Å². The van der Waals surface area contributed by atoms with Gasteiger partial charge >= 0.3 is 0 Å². The highest BCUT2D eigenvalue weighted by Gasteiger charge is 2.14. The number of fused-ring (bicyclic) bond motifs is 1. The third-order valence-electron chi connectivity index (χ3n) is 3.58. The highest BCUT2D eigenvalue weighted by molar-refractivity contribution is 6.30. The van der Waals surface area contributed by atoms with Gasteiger partial charge in [-0.1, -0.05) is 23.7 Å². The fourth-order valence-corrected chi connectivity index (χ4v) is 2.72. The molecular weight excluding hydrogens is 298 g/mol. The molecule has 2 N–H and O–H groups in total. The molecule has 2 aromatic carbocycles. The molecule has 1 heterocycles. The lowest BCUT2D eigenvalue weighted by atomic mass is 9.99. The van der Waals surface area contributed by atoms with Gasteiger partial charge in [0, 0.05) is 16.7 Å². The van der Waals surface area contributed by atoms with Crippen LogP contribution in [0.15, 0.2) is 48.5 Å². The molecule has 0 atom stereocenters. The molecule has 0 amide bonds. The van der Waals surface area contributed by atoms with Gasteiger partial charge in [0.15, 0.2) is 0 Å². The lowest BCUT2D eigenvalue weighted by Crippen LogP contribution is -2.08. The van der Waals surface area contributed by atoms with Gasteiger partial charge in [-0.05, 0) is 54.4 Å². The number of nitrogens with two attached hydrogens (primary N) is 1. The smallest absolute Gasteiger partial charge is 0.130 e. The molecule has 0 spiro atoms. The largest absolute Gasteiger partial charge is 0.489 e. The molecule has 0 aromatic heterocycles. The molecule has 1 aliphatic rings. The molecule has 0 saturated carbocycles. The van der Waals surface area contributed by atoms with Gasteiger partial charge in [-0.3, -0.25) is 0 Å². The van der Waals surface area contributed by atoms with Crippen LogP contribution in [0.2, 0.25) is 5.02 Å². The Morgan fingerprint density at radius 2 is 2.09 bits per heavy atom. The van der Waals surface area contributed by atoms with E-state index in [1.807, 2.05) is 42.5 Å². The van der Waals surface area contributed by atoms with E-state index in [9.17, 15) is 0 Å². The second-order valence-corrected chi connectivity index (χ2v) is 5.59. The minimum atomic E-state index is 0.477. The van der Waals surface area contributed by atoms with Crippen molar-refractivity contribution < 1.29 is 9.47 Å². The summed E-state index contributed by atoms with van der Waals surface area (Å²) >= 11 is 5.98. The molecular formula is C18H18ClNO2. The highest BCUT2D eigenvalue weighted by Crippen LogP contribution is 2.34. The summed E-state index contributed by atoms with van der Waals surface area (Å²) in [5.41, 5.74) is 9.03. The van der Waals surface area contributed by atoms with E-state index in [1.54, 1.807) is 0 Å². The van der Waals surface area contributed by atoms with Gasteiger partial charge in [0.1, 0.15) is 24.7 Å². The van der Waals surface area contributed by atoms with E-state index in [4.69, 9.17) is 26.8 Å². The number of benzene rings is 2. The average Bonchev–Trinajstić information content (AvgIpc) is 2.53. The third kappa shape index (κ3) is 3.43. The minimum absolute atomic E-state index is 0.477. The molecule has 0 radical (unpaired) electrons. The van der Waals surface area contributed by atoms with Crippen LogP contribution in [0.5, 0.6) is 11.5 Å². The van der Waals surface area contributed by atoms with E-state index >= 15 is 0 Å². The van der Waals surface area contributed by atoms with Gasteiger partial charge in [-0.15, -0.1) is 0 Å². The Bertz CT molecular complexity index is 697. The Hall–Kier alpha value is -1.97. The van der Waals surface area contributed by atoms with E-state index in [0.717, 1.165) is 29.0 Å². The Morgan fingerprint density at radius 3 is 2.91 bits per heavy atom. The number of halogens is 1. The first-order valence-corrected chi connectivity index (χ1v) is 7.67. The number of ether oxygens (including phenoxy) is 2. The fraction of sp³-hybridized carbons (Fsp3) is 0.222. The second-order valence-electron chi connectivity index (χ2n) is 5.16. The fourth-order valence-electron chi connectivity index (χ4n) is 2.50. The van der Waals surface area contributed by atoms with Gasteiger partial charge in [-0.2, -0.15) is 0 Å². The summed E-state index contributed by atoms with van der Waals surface area (Å²) < 4.78 is 11.5. The van der Waals surface area contributed by atoms with Crippen LogP contribution in [-0.4, -0.2) is 13.2 Å². The normalized spacial score (nSPS) is 13.1. The predicted molar refractivity (Wildman–Crippen MR) is 89.4 cm³/mol. The maximum Gasteiger partial charge on any atom is 0.130 e. The summed E-state index contributed by atoms with van der Waals surface area (Å²) in [5.74, 6) is 1.64. The lowest BCUT2D eigenvalue weighted by Gasteiger charge is -2.19. The summed E-state index contributed by atoms with van der Waals surface area (Å²) in [7, 11) is 0. The monoisotopic (exact) mass is 315 g/mol. The van der Waals surface area contributed by atoms with Crippen LogP contribution < -0.4 is 15.2 Å². The molecule has 0 unspecified atom stereocenters. The van der Waals surface area contributed by atoms with Gasteiger partial charge in [0.2, 0.25) is 0 Å². The van der Waals surface area contributed by atoms with Crippen LogP contribution in [0.4, 0.5) is 0 Å². The summed E-state index contributed by atoms with van der Waals surface area (Å²) in [6.45, 7) is 1.70. The van der Waals surface area contributed by atoms with Gasteiger partial charge < -0.3 is 15.2 Å². The van der Waals surface area contributed by atoms with Gasteiger partial charge in [0.05, 0.1) is 0 Å². The molecule has 0 fully saturated rings. The minimum Gasteiger partial charge on any atom is -0.489 e. The van der Waals surface area contributed by atoms with Crippen molar-refractivity contribution in [1.29, 1.82) is 0 Å². The van der Waals surface area contributed by atoms with Crippen molar-refractivity contribution in [3.05, 3.63) is 64.7 Å². The summed E-state index contributed by atoms with van der Waals surface area (Å²) in [6, 6.07) is 13.6. The molecule has 4 heteroatoms. The third-order valence-corrected chi connectivity index (χ3v) is 3.81. The molecule has 0 aliphatic carbocycles. The van der Waals surface area contributed by atoms with Crippen LogP contribution in [0.25, 0.3) is 5.57 Å². The van der Waals surface area contributed by atoms with E-state index in [-0.39, 0.29) is 0 Å². The molecule has 0 saturated heterocycles. The van der Waals surface area contributed by atoms with E-state index in [0.29, 0.717) is 24.8 Å². The zero-order valence-corrected chi connectivity index (χ0v) is 13.0. The number of hydrogen-bond acceptors (Lipinski definition) is 3. The number of hydrogen-bond donors (Lipinski definition) is 1. The van der Waals surface area contributed by atoms with Crippen LogP contribution in [0, 0.1) is 0 Å². The van der Waals surface area contributed by atoms with Crippen LogP contribution >= 0.6 is 11.6 Å². The first-order chi connectivity index (χ1) is 10.8. The topological polar surface area (TPSA) is 44.5 Å². The van der Waals surface area contributed by atoms with E-state index in [1.165, 1.54) is 5.57 Å². The highest BCUT2D eigenvalue weighted by atomic mass is 35.5. The Kier molecular flexibility index (Phi) is 4.66. The quantitative estimate of drug-likeness (QED) is 0.905. The van der Waals surface area contributed by atoms with Crippen LogP contribution in [0.3, 0.4) is 0 Å². The maximum absolute atomic E-state index is 5.98. The Labute approximate surface area is 135 Å². The Balaban J connectivity index is 1.73. The van der Waals surface area contributed by atoms with Crippen molar-refractivity contribution in [2.24, 2.45) is 5.73 Å². The van der Waals surface area contributed by atoms with Crippen molar-refractivity contribution in [2.75, 3.05) is 13.2 Å². The van der Waals surface area contributed by atoms with Crippen LogP contribution in [-0.2, 0) is 6.61 Å². The first kappa shape index (κ1) is 14.9. The maximum atomic E-state index is 5.98. The van der Waals surface area contributed by atoms with Crippen molar-refractivity contribution in [2.45, 2.75) is 13.0 Å². The molecule has 114 valence electrons. The van der Waals surface area contributed by atoms with Crippen molar-refractivity contribution in [1.82, 2.24) is 0 Å². The van der Waals surface area contributed by atoms with E-state index < -0.39 is 0 Å². The van der Waals surface area contributed by atoms with Gasteiger partial charge in [0.25, 0.3) is 0 Å². The molecule has 22 heavy (non-hydrogen) atoms. The second kappa shape index (κ2) is 6.86. The summed E-state index contributed by atoms with van der Waals surface area (Å²) in [4.78, 5) is 0. The molecule has 3 nitrogen and oxygen atoms in total. The van der Waals surface area contributed by atoms with Crippen molar-refractivity contribution in [3.63, 3.8) is 0 Å². The standard InChI is InChI=1S/C18H18ClNO2/c19-15-3-1-2-13(10-15)12-22-16-4-5-17-14(6-8-20)7-9-21-18(17)11-16/h1-5,7,10-11H,6,8-9,12,20H2. The SMILES string of the molecule is NCCC1=CCOc2cc(OCc3cccc(Cl)c3)ccc21. The molecule has 0 bridgehead atoms.